The predicted octanol–water partition coefficient (Wildman–Crippen LogP) is 1.84. The number of hydrogen-bond donors (Lipinski definition) is 2. The molecule has 6 nitrogen and oxygen atoms in total. The van der Waals surface area contributed by atoms with E-state index in [1.807, 2.05) is 4.90 Å². The molecule has 2 heterocycles. The number of H-pyrrole nitrogens is 1. The van der Waals surface area contributed by atoms with Gasteiger partial charge in [-0.15, -0.1) is 0 Å². The maximum atomic E-state index is 13.0. The van der Waals surface area contributed by atoms with E-state index in [9.17, 15) is 14.3 Å². The Morgan fingerprint density at radius 3 is 2.64 bits per heavy atom. The molecule has 1 aromatic heterocycles. The van der Waals surface area contributed by atoms with Gasteiger partial charge in [0.15, 0.2) is 0 Å². The van der Waals surface area contributed by atoms with Crippen LogP contribution in [-0.4, -0.2) is 51.4 Å². The Bertz CT molecular complexity index is 735. The summed E-state index contributed by atoms with van der Waals surface area (Å²) in [4.78, 5) is 14.3. The highest BCUT2D eigenvalue weighted by Crippen LogP contribution is 2.38. The summed E-state index contributed by atoms with van der Waals surface area (Å²) >= 11 is 0. The fourth-order valence-corrected chi connectivity index (χ4v) is 3.92. The van der Waals surface area contributed by atoms with Crippen LogP contribution in [0, 0.1) is 17.7 Å². The lowest BCUT2D eigenvalue weighted by Gasteiger charge is -2.35. The van der Waals surface area contributed by atoms with E-state index in [0.29, 0.717) is 43.2 Å². The molecule has 1 amide bonds. The van der Waals surface area contributed by atoms with Gasteiger partial charge in [-0.3, -0.25) is 9.89 Å². The fraction of sp³-hybridized carbons (Fsp3) is 0.444. The number of rotatable bonds is 3. The summed E-state index contributed by atoms with van der Waals surface area (Å²) in [5, 5.41) is 16.9. The SMILES string of the molecule is O=C(c1cn[nH]c1)N1C[C@H]2C[C@@H](Oc3ccc(F)cc3)[C@H](O)C[C@H]2C1. The molecule has 0 spiro atoms. The van der Waals surface area contributed by atoms with Crippen molar-refractivity contribution in [1.82, 2.24) is 15.1 Å². The molecule has 7 heteroatoms. The Balaban J connectivity index is 1.41. The van der Waals surface area contributed by atoms with Crippen molar-refractivity contribution in [2.75, 3.05) is 13.1 Å². The van der Waals surface area contributed by atoms with Gasteiger partial charge in [-0.05, 0) is 48.9 Å². The fourth-order valence-electron chi connectivity index (χ4n) is 3.92. The number of aliphatic hydroxyl groups is 1. The van der Waals surface area contributed by atoms with Crippen LogP contribution >= 0.6 is 0 Å². The Kier molecular flexibility index (Phi) is 4.17. The van der Waals surface area contributed by atoms with Gasteiger partial charge in [0.25, 0.3) is 5.91 Å². The first-order valence-corrected chi connectivity index (χ1v) is 8.48. The number of fused-ring (bicyclic) bond motifs is 1. The number of nitrogens with zero attached hydrogens (tertiary/aromatic N) is 2. The minimum absolute atomic E-state index is 0.0337. The average molecular weight is 345 g/mol. The monoisotopic (exact) mass is 345 g/mol. The first-order chi connectivity index (χ1) is 12.1. The van der Waals surface area contributed by atoms with Gasteiger partial charge in [0, 0.05) is 19.3 Å². The largest absolute Gasteiger partial charge is 0.488 e. The van der Waals surface area contributed by atoms with Crippen LogP contribution < -0.4 is 4.74 Å². The Labute approximate surface area is 144 Å². The maximum Gasteiger partial charge on any atom is 0.257 e. The molecule has 4 atom stereocenters. The smallest absolute Gasteiger partial charge is 0.257 e. The lowest BCUT2D eigenvalue weighted by molar-refractivity contribution is -0.0231. The summed E-state index contributed by atoms with van der Waals surface area (Å²) in [5.41, 5.74) is 0.554. The van der Waals surface area contributed by atoms with E-state index in [-0.39, 0.29) is 23.7 Å². The molecule has 1 aromatic carbocycles. The molecule has 0 bridgehead atoms. The molecule has 2 fully saturated rings. The Hall–Kier alpha value is -2.41. The summed E-state index contributed by atoms with van der Waals surface area (Å²) in [5.74, 6) is 0.770. The Morgan fingerprint density at radius 1 is 1.24 bits per heavy atom. The average Bonchev–Trinajstić information content (AvgIpc) is 3.26. The van der Waals surface area contributed by atoms with E-state index in [0.717, 1.165) is 0 Å². The normalized spacial score (nSPS) is 28.6. The summed E-state index contributed by atoms with van der Waals surface area (Å²) in [6.07, 6.45) is 3.48. The topological polar surface area (TPSA) is 78.5 Å². The van der Waals surface area contributed by atoms with Gasteiger partial charge in [0.05, 0.1) is 17.9 Å². The van der Waals surface area contributed by atoms with Crippen LogP contribution in [0.5, 0.6) is 5.75 Å². The molecular weight excluding hydrogens is 325 g/mol. The van der Waals surface area contributed by atoms with E-state index in [1.165, 1.54) is 18.3 Å². The van der Waals surface area contributed by atoms with E-state index in [2.05, 4.69) is 10.2 Å². The maximum absolute atomic E-state index is 13.0. The second-order valence-corrected chi connectivity index (χ2v) is 6.87. The van der Waals surface area contributed by atoms with Crippen LogP contribution in [0.1, 0.15) is 23.2 Å². The minimum atomic E-state index is -0.588. The summed E-state index contributed by atoms with van der Waals surface area (Å²) in [6.45, 7) is 1.31. The standard InChI is InChI=1S/C18H20FN3O3/c19-14-1-3-15(4-2-14)25-17-6-12-10-22(9-11(12)5-16(17)23)18(24)13-7-20-21-8-13/h1-4,7-8,11-12,16-17,23H,5-6,9-10H2,(H,20,21)/t11-,12+,16+,17+/m0/s1. The lowest BCUT2D eigenvalue weighted by atomic mass is 9.78. The molecular formula is C18H20FN3O3. The lowest BCUT2D eigenvalue weighted by Crippen LogP contribution is -2.42. The minimum Gasteiger partial charge on any atom is -0.488 e. The highest BCUT2D eigenvalue weighted by Gasteiger charge is 2.44. The van der Waals surface area contributed by atoms with Crippen molar-refractivity contribution >= 4 is 5.91 Å². The van der Waals surface area contributed by atoms with Crippen molar-refractivity contribution in [1.29, 1.82) is 0 Å². The summed E-state index contributed by atoms with van der Waals surface area (Å²) in [7, 11) is 0. The van der Waals surface area contributed by atoms with Crippen molar-refractivity contribution in [3.05, 3.63) is 48.0 Å². The number of hydrogen-bond acceptors (Lipinski definition) is 4. The van der Waals surface area contributed by atoms with Crippen LogP contribution in [-0.2, 0) is 0 Å². The molecule has 1 aliphatic heterocycles. The second-order valence-electron chi connectivity index (χ2n) is 6.87. The van der Waals surface area contributed by atoms with Gasteiger partial charge in [-0.1, -0.05) is 0 Å². The number of carbonyl (C=O) groups excluding carboxylic acids is 1. The molecule has 0 unspecified atom stereocenters. The van der Waals surface area contributed by atoms with Crippen LogP contribution in [0.2, 0.25) is 0 Å². The van der Waals surface area contributed by atoms with Crippen molar-refractivity contribution < 1.29 is 19.0 Å². The number of aromatic amines is 1. The highest BCUT2D eigenvalue weighted by atomic mass is 19.1. The second kappa shape index (κ2) is 6.48. The third-order valence-corrected chi connectivity index (χ3v) is 5.22. The zero-order chi connectivity index (χ0) is 17.4. The van der Waals surface area contributed by atoms with Crippen LogP contribution in [0.3, 0.4) is 0 Å². The molecule has 0 radical (unpaired) electrons. The zero-order valence-electron chi connectivity index (χ0n) is 13.6. The number of likely N-dealkylation sites (tertiary alicyclic amines) is 1. The molecule has 1 saturated carbocycles. The molecule has 2 aromatic rings. The molecule has 4 rings (SSSR count). The van der Waals surface area contributed by atoms with E-state index >= 15 is 0 Å². The third-order valence-electron chi connectivity index (χ3n) is 5.22. The van der Waals surface area contributed by atoms with Crippen molar-refractivity contribution in [2.24, 2.45) is 11.8 Å². The third kappa shape index (κ3) is 3.24. The van der Waals surface area contributed by atoms with Crippen molar-refractivity contribution in [3.8, 4) is 5.75 Å². The van der Waals surface area contributed by atoms with Crippen molar-refractivity contribution in [3.63, 3.8) is 0 Å². The number of carbonyl (C=O) groups is 1. The van der Waals surface area contributed by atoms with Gasteiger partial charge < -0.3 is 14.7 Å². The van der Waals surface area contributed by atoms with Gasteiger partial charge in [-0.2, -0.15) is 5.10 Å². The van der Waals surface area contributed by atoms with Crippen LogP contribution in [0.15, 0.2) is 36.7 Å². The number of ether oxygens (including phenoxy) is 1. The molecule has 132 valence electrons. The van der Waals surface area contributed by atoms with Gasteiger partial charge in [-0.25, -0.2) is 4.39 Å². The summed E-state index contributed by atoms with van der Waals surface area (Å²) in [6, 6.07) is 5.82. The van der Waals surface area contributed by atoms with E-state index < -0.39 is 6.10 Å². The van der Waals surface area contributed by atoms with E-state index in [1.54, 1.807) is 18.3 Å². The number of halogens is 1. The summed E-state index contributed by atoms with van der Waals surface area (Å²) < 4.78 is 18.9. The molecule has 1 saturated heterocycles. The predicted molar refractivity (Wildman–Crippen MR) is 87.5 cm³/mol. The Morgan fingerprint density at radius 2 is 1.96 bits per heavy atom. The number of amides is 1. The van der Waals surface area contributed by atoms with Crippen LogP contribution in [0.4, 0.5) is 4.39 Å². The van der Waals surface area contributed by atoms with Gasteiger partial charge in [0.1, 0.15) is 17.7 Å². The van der Waals surface area contributed by atoms with Gasteiger partial charge in [0.2, 0.25) is 0 Å². The van der Waals surface area contributed by atoms with Crippen molar-refractivity contribution in [2.45, 2.75) is 25.0 Å². The zero-order valence-corrected chi connectivity index (χ0v) is 13.6. The van der Waals surface area contributed by atoms with Gasteiger partial charge >= 0.3 is 0 Å². The molecule has 1 aliphatic carbocycles. The number of aromatic nitrogens is 2. The quantitative estimate of drug-likeness (QED) is 0.890. The number of aliphatic hydroxyl groups excluding tert-OH is 1. The molecule has 25 heavy (non-hydrogen) atoms. The van der Waals surface area contributed by atoms with Crippen LogP contribution in [0.25, 0.3) is 0 Å². The number of nitrogens with one attached hydrogen (secondary N) is 1. The van der Waals surface area contributed by atoms with E-state index in [4.69, 9.17) is 4.74 Å². The highest BCUT2D eigenvalue weighted by molar-refractivity contribution is 5.93. The first kappa shape index (κ1) is 16.1. The molecule has 2 N–H and O–H groups in total. The first-order valence-electron chi connectivity index (χ1n) is 8.48. The number of benzene rings is 1. The molecule has 2 aliphatic rings.